The van der Waals surface area contributed by atoms with Gasteiger partial charge in [0.1, 0.15) is 23.0 Å². The number of urea groups is 2. The second kappa shape index (κ2) is 18.3. The van der Waals surface area contributed by atoms with Crippen molar-refractivity contribution in [3.63, 3.8) is 0 Å². The number of rotatable bonds is 10. The van der Waals surface area contributed by atoms with E-state index in [0.717, 1.165) is 10.8 Å². The van der Waals surface area contributed by atoms with E-state index in [4.69, 9.17) is 33.5 Å². The Bertz CT molecular complexity index is 2390. The predicted molar refractivity (Wildman–Crippen MR) is 216 cm³/mol. The third-order valence-corrected chi connectivity index (χ3v) is 9.10. The quantitative estimate of drug-likeness (QED) is 0.0216. The largest absolute Gasteiger partial charge is 0.507 e. The van der Waals surface area contributed by atoms with Crippen LogP contribution in [0, 0.1) is 10.1 Å². The number of aromatic hydroxyl groups is 1. The number of phenols is 1. The van der Waals surface area contributed by atoms with Gasteiger partial charge < -0.3 is 19.7 Å². The van der Waals surface area contributed by atoms with Crippen LogP contribution in [0.15, 0.2) is 113 Å². The van der Waals surface area contributed by atoms with E-state index in [-0.39, 0.29) is 29.5 Å². The maximum absolute atomic E-state index is 13.3. The van der Waals surface area contributed by atoms with Crippen molar-refractivity contribution < 1.29 is 38.8 Å². The lowest BCUT2D eigenvalue weighted by molar-refractivity contribution is -0.402. The van der Waals surface area contributed by atoms with Gasteiger partial charge in [-0.2, -0.15) is 10.2 Å². The number of halogens is 2. The van der Waals surface area contributed by atoms with Crippen molar-refractivity contribution in [3.8, 4) is 5.75 Å². The zero-order valence-corrected chi connectivity index (χ0v) is 32.1. The van der Waals surface area contributed by atoms with Gasteiger partial charge in [0, 0.05) is 27.6 Å². The van der Waals surface area contributed by atoms with Crippen LogP contribution in [0.25, 0.3) is 16.8 Å². The molecule has 7 N–H and O–H groups in total. The van der Waals surface area contributed by atoms with Gasteiger partial charge in [0.05, 0.1) is 17.2 Å². The molecular weight excluding hydrogens is 797 g/mol. The first-order chi connectivity index (χ1) is 27.6. The van der Waals surface area contributed by atoms with Crippen LogP contribution in [-0.4, -0.2) is 73.5 Å². The van der Waals surface area contributed by atoms with Gasteiger partial charge in [0.15, 0.2) is 6.17 Å². The first-order valence-electron chi connectivity index (χ1n) is 17.0. The Balaban J connectivity index is 0.000000226. The Morgan fingerprint density at radius 3 is 2.22 bits per heavy atom. The summed E-state index contributed by atoms with van der Waals surface area (Å²) in [5, 5.41) is 40.6. The highest BCUT2D eigenvalue weighted by atomic mass is 35.5. The number of fused-ring (bicyclic) bond motifs is 1. The molecule has 1 fully saturated rings. The van der Waals surface area contributed by atoms with E-state index >= 15 is 0 Å². The number of hydrogen-bond acceptors (Lipinski definition) is 11. The molecule has 5 aromatic rings. The van der Waals surface area contributed by atoms with Crippen LogP contribution < -0.4 is 26.9 Å². The SMILES string of the molecule is CC1(C)C(N(O)C(=O)Nc2ccc(Cl)cc2)N(c2ccc(Cl)cc2)C(=O)N1CC(=O)NN.O=C(N/N=C/C=C/c1ccc([N+](=O)[O-])o1)c1cc2ccccc2cc1O. The van der Waals surface area contributed by atoms with Gasteiger partial charge >= 0.3 is 17.9 Å². The fraction of sp³-hybridized carbons (Fsp3) is 0.132. The minimum Gasteiger partial charge on any atom is -0.507 e. The molecule has 18 nitrogen and oxygen atoms in total. The Hall–Kier alpha value is -6.99. The molecule has 0 aliphatic carbocycles. The summed E-state index contributed by atoms with van der Waals surface area (Å²) in [5.41, 5.74) is 3.93. The molecular formula is C38H35Cl2N9O9. The van der Waals surface area contributed by atoms with Crippen LogP contribution >= 0.6 is 23.2 Å². The summed E-state index contributed by atoms with van der Waals surface area (Å²) in [5.74, 6) is 3.79. The molecule has 4 aromatic carbocycles. The summed E-state index contributed by atoms with van der Waals surface area (Å²) < 4.78 is 4.93. The highest BCUT2D eigenvalue weighted by Gasteiger charge is 2.56. The molecule has 0 radical (unpaired) electrons. The molecule has 1 aromatic heterocycles. The van der Waals surface area contributed by atoms with Crippen LogP contribution in [0.3, 0.4) is 0 Å². The minimum atomic E-state index is -1.20. The molecule has 0 spiro atoms. The zero-order valence-electron chi connectivity index (χ0n) is 30.6. The van der Waals surface area contributed by atoms with Crippen LogP contribution in [0.2, 0.25) is 10.0 Å². The standard InChI is InChI=1S/C20H22Cl2N6O4.C18H13N3O5/c1-20(2)17(28(32)18(30)24-14-7-3-12(21)4-8-14)27(15-9-5-13(22)6-10-15)19(31)26(20)11-16(29)25-23;22-16-11-13-5-2-1-4-12(13)10-15(16)18(23)20-19-9-3-6-14-7-8-17(26-14)21(24)25/h3-10,17,32H,11,23H2,1-2H3,(H,24,30)(H,25,29);1-11,22H,(H,20,23)/b;6-3+,19-9+. The van der Waals surface area contributed by atoms with Gasteiger partial charge in [-0.25, -0.2) is 20.9 Å². The number of hydroxylamine groups is 2. The van der Waals surface area contributed by atoms with Crippen molar-refractivity contribution in [1.82, 2.24) is 20.8 Å². The van der Waals surface area contributed by atoms with Crippen molar-refractivity contribution in [2.75, 3.05) is 16.8 Å². The van der Waals surface area contributed by atoms with Crippen molar-refractivity contribution in [2.24, 2.45) is 10.9 Å². The van der Waals surface area contributed by atoms with Gasteiger partial charge in [0.2, 0.25) is 0 Å². The maximum Gasteiger partial charge on any atom is 0.433 e. The van der Waals surface area contributed by atoms with E-state index in [1.165, 1.54) is 46.4 Å². The van der Waals surface area contributed by atoms with Gasteiger partial charge in [-0.1, -0.05) is 47.5 Å². The first-order valence-corrected chi connectivity index (χ1v) is 17.7. The lowest BCUT2D eigenvalue weighted by Crippen LogP contribution is -2.58. The van der Waals surface area contributed by atoms with E-state index in [1.54, 1.807) is 68.4 Å². The predicted octanol–water partition coefficient (Wildman–Crippen LogP) is 6.73. The summed E-state index contributed by atoms with van der Waals surface area (Å²) in [6, 6.07) is 24.2. The summed E-state index contributed by atoms with van der Waals surface area (Å²) in [4.78, 5) is 62.5. The summed E-state index contributed by atoms with van der Waals surface area (Å²) in [6.45, 7) is 2.86. The van der Waals surface area contributed by atoms with E-state index in [2.05, 4.69) is 15.8 Å². The molecule has 2 heterocycles. The number of hydrazone groups is 1. The lowest BCUT2D eigenvalue weighted by atomic mass is 9.99. The van der Waals surface area contributed by atoms with E-state index < -0.39 is 40.5 Å². The van der Waals surface area contributed by atoms with Gasteiger partial charge in [-0.3, -0.25) is 35.2 Å². The molecule has 58 heavy (non-hydrogen) atoms. The summed E-state index contributed by atoms with van der Waals surface area (Å²) in [6.07, 6.45) is 2.98. The number of allylic oxidation sites excluding steroid dienone is 1. The lowest BCUT2D eigenvalue weighted by Gasteiger charge is -2.38. The number of carbonyl (C=O) groups excluding carboxylic acids is 4. The number of benzene rings is 4. The molecule has 300 valence electrons. The second-order valence-electron chi connectivity index (χ2n) is 12.8. The molecule has 6 rings (SSSR count). The van der Waals surface area contributed by atoms with E-state index in [9.17, 15) is 39.6 Å². The van der Waals surface area contributed by atoms with Crippen molar-refractivity contribution >= 4 is 87.4 Å². The molecule has 6 amide bonds. The molecule has 1 unspecified atom stereocenters. The third-order valence-electron chi connectivity index (χ3n) is 8.60. The number of nitrogens with zero attached hydrogens (tertiary/aromatic N) is 5. The number of nitrogens with two attached hydrogens (primary N) is 1. The van der Waals surface area contributed by atoms with Crippen LogP contribution in [0.1, 0.15) is 30.0 Å². The fourth-order valence-electron chi connectivity index (χ4n) is 5.76. The normalized spacial score (nSPS) is 14.7. The first kappa shape index (κ1) is 42.2. The summed E-state index contributed by atoms with van der Waals surface area (Å²) in [7, 11) is 0. The number of hydrazine groups is 1. The summed E-state index contributed by atoms with van der Waals surface area (Å²) >= 11 is 11.8. The smallest absolute Gasteiger partial charge is 0.433 e. The number of anilines is 2. The molecule has 1 atom stereocenters. The average Bonchev–Trinajstić information content (AvgIpc) is 3.75. The number of nitrogens with one attached hydrogen (secondary N) is 3. The maximum atomic E-state index is 13.3. The van der Waals surface area contributed by atoms with Crippen molar-refractivity contribution in [1.29, 1.82) is 0 Å². The second-order valence-corrected chi connectivity index (χ2v) is 13.7. The topological polar surface area (TPSA) is 249 Å². The van der Waals surface area contributed by atoms with Gasteiger partial charge in [-0.15, -0.1) is 0 Å². The number of phenolic OH excluding ortho intramolecular Hbond substituents is 1. The highest BCUT2D eigenvalue weighted by Crippen LogP contribution is 2.38. The Labute approximate surface area is 339 Å². The van der Waals surface area contributed by atoms with Crippen molar-refractivity contribution in [3.05, 3.63) is 135 Å². The third kappa shape index (κ3) is 9.87. The van der Waals surface area contributed by atoms with Crippen LogP contribution in [0.4, 0.5) is 26.8 Å². The Kier molecular flexibility index (Phi) is 13.3. The molecule has 0 bridgehead atoms. The number of nitro groups is 1. The van der Waals surface area contributed by atoms with E-state index in [0.29, 0.717) is 26.5 Å². The molecule has 0 saturated carbocycles. The monoisotopic (exact) mass is 831 g/mol. The zero-order chi connectivity index (χ0) is 42.1. The molecule has 20 heteroatoms. The van der Waals surface area contributed by atoms with Gasteiger partial charge in [-0.05, 0) is 104 Å². The van der Waals surface area contributed by atoms with Gasteiger partial charge in [0.25, 0.3) is 11.8 Å². The van der Waals surface area contributed by atoms with Crippen LogP contribution in [-0.2, 0) is 4.79 Å². The molecule has 1 aliphatic heterocycles. The van der Waals surface area contributed by atoms with Crippen molar-refractivity contribution in [2.45, 2.75) is 25.6 Å². The van der Waals surface area contributed by atoms with Crippen LogP contribution in [0.5, 0.6) is 5.75 Å². The molecule has 1 aliphatic rings. The van der Waals surface area contributed by atoms with E-state index in [1.807, 2.05) is 29.7 Å². The number of hydrogen-bond donors (Lipinski definition) is 6. The number of amides is 6. The Morgan fingerprint density at radius 2 is 1.62 bits per heavy atom. The average molecular weight is 833 g/mol. The highest BCUT2D eigenvalue weighted by molar-refractivity contribution is 6.31. The Morgan fingerprint density at radius 1 is 1.00 bits per heavy atom. The number of carbonyl (C=O) groups is 4. The minimum absolute atomic E-state index is 0.103. The number of furan rings is 1. The fourth-order valence-corrected chi connectivity index (χ4v) is 6.01. The molecule has 1 saturated heterocycles.